The lowest BCUT2D eigenvalue weighted by molar-refractivity contribution is -0.164. The number of hydrogen-bond acceptors (Lipinski definition) is 9. The normalized spacial score (nSPS) is 42.8. The minimum absolute atomic E-state index is 0.209. The maximum atomic E-state index is 14.1. The van der Waals surface area contributed by atoms with Gasteiger partial charge < -0.3 is 18.9 Å². The Kier molecular flexibility index (Phi) is 6.78. The van der Waals surface area contributed by atoms with Crippen molar-refractivity contribution in [1.29, 1.82) is 0 Å². The van der Waals surface area contributed by atoms with E-state index < -0.39 is 76.5 Å². The van der Waals surface area contributed by atoms with Crippen molar-refractivity contribution < 1.29 is 42.9 Å². The monoisotopic (exact) mass is 530 g/mol. The van der Waals surface area contributed by atoms with Gasteiger partial charge in [-0.15, -0.1) is 0 Å². The molecule has 0 spiro atoms. The van der Waals surface area contributed by atoms with Crippen LogP contribution in [0.2, 0.25) is 0 Å². The third kappa shape index (κ3) is 4.05. The second kappa shape index (κ2) is 9.14. The quantitative estimate of drug-likeness (QED) is 0.177. The van der Waals surface area contributed by atoms with Crippen molar-refractivity contribution in [2.75, 3.05) is 0 Å². The van der Waals surface area contributed by atoms with E-state index in [0.29, 0.717) is 11.1 Å². The van der Waals surface area contributed by atoms with Crippen molar-refractivity contribution in [1.82, 2.24) is 0 Å². The fourth-order valence-corrected chi connectivity index (χ4v) is 6.96. The van der Waals surface area contributed by atoms with Gasteiger partial charge in [0.1, 0.15) is 12.2 Å². The summed E-state index contributed by atoms with van der Waals surface area (Å²) in [6.45, 7) is 14.9. The van der Waals surface area contributed by atoms with Gasteiger partial charge in [0.05, 0.1) is 5.92 Å². The Morgan fingerprint density at radius 1 is 0.947 bits per heavy atom. The number of ketones is 2. The van der Waals surface area contributed by atoms with Crippen LogP contribution in [-0.4, -0.2) is 59.0 Å². The lowest BCUT2D eigenvalue weighted by atomic mass is 9.81. The van der Waals surface area contributed by atoms with E-state index in [1.807, 2.05) is 13.8 Å². The van der Waals surface area contributed by atoms with Crippen LogP contribution in [0.4, 0.5) is 0 Å². The molecule has 4 rings (SSSR count). The topological polar surface area (TPSA) is 126 Å². The van der Waals surface area contributed by atoms with Gasteiger partial charge in [-0.25, -0.2) is 4.79 Å². The van der Waals surface area contributed by atoms with E-state index in [2.05, 4.69) is 0 Å². The highest BCUT2D eigenvalue weighted by Gasteiger charge is 2.83. The molecule has 3 aliphatic carbocycles. The van der Waals surface area contributed by atoms with Crippen LogP contribution in [-0.2, 0) is 42.9 Å². The summed E-state index contributed by atoms with van der Waals surface area (Å²) in [6, 6.07) is 0. The fraction of sp³-hybridized carbons (Fsp3) is 0.690. The highest BCUT2D eigenvalue weighted by Crippen LogP contribution is 2.67. The highest BCUT2D eigenvalue weighted by molar-refractivity contribution is 6.11. The molecule has 0 aromatic carbocycles. The van der Waals surface area contributed by atoms with Gasteiger partial charge in [0.2, 0.25) is 0 Å². The minimum Gasteiger partial charge on any atom is -0.461 e. The molecule has 0 amide bonds. The SMILES string of the molecule is C/C=C(\C)C(=O)OC1C(OC(C)=O)/C(C)=C\C23OC2(CC(C)C3=O)C(=O)C(C)C(OC(C)=O)C2C1C2(C)C. The molecule has 1 heterocycles. The van der Waals surface area contributed by atoms with Crippen molar-refractivity contribution in [2.45, 2.75) is 98.2 Å². The summed E-state index contributed by atoms with van der Waals surface area (Å²) in [4.78, 5) is 65.0. The number of fused-ring (bicyclic) bond motifs is 1. The molecule has 9 nitrogen and oxygen atoms in total. The molecular formula is C29H38O9. The van der Waals surface area contributed by atoms with Crippen LogP contribution in [0.1, 0.15) is 68.7 Å². The zero-order chi connectivity index (χ0) is 28.5. The van der Waals surface area contributed by atoms with E-state index in [9.17, 15) is 24.0 Å². The first-order valence-electron chi connectivity index (χ1n) is 13.2. The molecule has 0 aromatic heterocycles. The first-order valence-corrected chi connectivity index (χ1v) is 13.2. The zero-order valence-corrected chi connectivity index (χ0v) is 23.6. The first kappa shape index (κ1) is 28.2. The number of rotatable bonds is 4. The smallest absolute Gasteiger partial charge is 0.333 e. The van der Waals surface area contributed by atoms with Crippen LogP contribution in [0.25, 0.3) is 0 Å². The van der Waals surface area contributed by atoms with E-state index in [4.69, 9.17) is 18.9 Å². The molecule has 1 saturated heterocycles. The van der Waals surface area contributed by atoms with Crippen LogP contribution < -0.4 is 0 Å². The van der Waals surface area contributed by atoms with Gasteiger partial charge in [-0.3, -0.25) is 19.2 Å². The summed E-state index contributed by atoms with van der Waals surface area (Å²) in [7, 11) is 0. The fourth-order valence-electron chi connectivity index (χ4n) is 6.96. The summed E-state index contributed by atoms with van der Waals surface area (Å²) >= 11 is 0. The maximum absolute atomic E-state index is 14.1. The van der Waals surface area contributed by atoms with E-state index in [1.54, 1.807) is 46.8 Å². The summed E-state index contributed by atoms with van der Waals surface area (Å²) in [5.74, 6) is -4.27. The molecule has 208 valence electrons. The molecule has 0 bridgehead atoms. The predicted octanol–water partition coefficient (Wildman–Crippen LogP) is 3.28. The third-order valence-electron chi connectivity index (χ3n) is 9.08. The van der Waals surface area contributed by atoms with Gasteiger partial charge in [0, 0.05) is 37.2 Å². The number of esters is 3. The minimum atomic E-state index is -1.50. The number of epoxide rings is 1. The number of ether oxygens (including phenoxy) is 4. The molecule has 0 N–H and O–H groups in total. The van der Waals surface area contributed by atoms with Gasteiger partial charge in [-0.1, -0.05) is 33.8 Å². The van der Waals surface area contributed by atoms with Crippen molar-refractivity contribution >= 4 is 29.5 Å². The molecule has 3 fully saturated rings. The Morgan fingerprint density at radius 3 is 2.08 bits per heavy atom. The van der Waals surface area contributed by atoms with Crippen molar-refractivity contribution in [3.8, 4) is 0 Å². The predicted molar refractivity (Wildman–Crippen MR) is 134 cm³/mol. The van der Waals surface area contributed by atoms with Crippen LogP contribution in [0.15, 0.2) is 23.3 Å². The van der Waals surface area contributed by atoms with Gasteiger partial charge in [0.15, 0.2) is 28.9 Å². The number of Topliss-reactive ketones (excluding diaryl/α,β-unsaturated/α-hetero) is 2. The van der Waals surface area contributed by atoms with Crippen LogP contribution >= 0.6 is 0 Å². The van der Waals surface area contributed by atoms with Crippen molar-refractivity contribution in [3.05, 3.63) is 23.3 Å². The second-order valence-electron chi connectivity index (χ2n) is 12.0. The van der Waals surface area contributed by atoms with E-state index in [1.165, 1.54) is 13.8 Å². The van der Waals surface area contributed by atoms with E-state index in [-0.39, 0.29) is 18.0 Å². The molecular weight excluding hydrogens is 492 g/mol. The molecule has 9 heteroatoms. The molecule has 1 aliphatic heterocycles. The molecule has 0 aromatic rings. The molecule has 9 atom stereocenters. The summed E-state index contributed by atoms with van der Waals surface area (Å²) in [5.41, 5.74) is -2.59. The second-order valence-corrected chi connectivity index (χ2v) is 12.0. The van der Waals surface area contributed by atoms with Crippen molar-refractivity contribution in [2.24, 2.45) is 29.1 Å². The standard InChI is InChI=1S/C29H38O9/c1-10-13(2)26(34)37-23-20-19(27(20,8)9)22(36-18(7)31)16(5)25(33)29-12-15(4)24(32)28(29,38-29)11-14(3)21(23)35-17(6)30/h10-11,15-16,19-23H,12H2,1-9H3/b13-10+,14-11-. The molecule has 2 saturated carbocycles. The van der Waals surface area contributed by atoms with Crippen molar-refractivity contribution in [3.63, 3.8) is 0 Å². The molecule has 0 radical (unpaired) electrons. The summed E-state index contributed by atoms with van der Waals surface area (Å²) in [5, 5.41) is 0. The average Bonchev–Trinajstić information content (AvgIpc) is 3.62. The number of hydrogen-bond donors (Lipinski definition) is 0. The zero-order valence-electron chi connectivity index (χ0n) is 23.6. The Bertz CT molecular complexity index is 1160. The number of carbonyl (C=O) groups excluding carboxylic acids is 5. The van der Waals surface area contributed by atoms with Crippen LogP contribution in [0, 0.1) is 29.1 Å². The van der Waals surface area contributed by atoms with Gasteiger partial charge in [-0.05, 0) is 44.3 Å². The number of allylic oxidation sites excluding steroid dienone is 1. The van der Waals surface area contributed by atoms with E-state index in [0.717, 1.165) is 0 Å². The molecule has 9 unspecified atom stereocenters. The Labute approximate surface area is 223 Å². The molecule has 38 heavy (non-hydrogen) atoms. The highest BCUT2D eigenvalue weighted by atomic mass is 16.6. The Hall–Kier alpha value is -2.81. The van der Waals surface area contributed by atoms with Crippen LogP contribution in [0.5, 0.6) is 0 Å². The Morgan fingerprint density at radius 2 is 1.53 bits per heavy atom. The van der Waals surface area contributed by atoms with E-state index >= 15 is 0 Å². The third-order valence-corrected chi connectivity index (χ3v) is 9.08. The largest absolute Gasteiger partial charge is 0.461 e. The molecule has 4 aliphatic rings. The lowest BCUT2D eigenvalue weighted by Gasteiger charge is -2.30. The van der Waals surface area contributed by atoms with Gasteiger partial charge >= 0.3 is 17.9 Å². The summed E-state index contributed by atoms with van der Waals surface area (Å²) in [6.07, 6.45) is 0.546. The first-order chi connectivity index (χ1) is 17.6. The Balaban J connectivity index is 1.93. The lowest BCUT2D eigenvalue weighted by Crippen LogP contribution is -2.42. The maximum Gasteiger partial charge on any atom is 0.333 e. The summed E-state index contributed by atoms with van der Waals surface area (Å²) < 4.78 is 23.6. The van der Waals surface area contributed by atoms with Crippen LogP contribution in [0.3, 0.4) is 0 Å². The number of carbonyl (C=O) groups is 5. The van der Waals surface area contributed by atoms with Gasteiger partial charge in [-0.2, -0.15) is 0 Å². The average molecular weight is 531 g/mol. The van der Waals surface area contributed by atoms with Gasteiger partial charge in [0.25, 0.3) is 0 Å².